The molecule has 1 atom stereocenters. The van der Waals surface area contributed by atoms with Crippen molar-refractivity contribution in [1.29, 1.82) is 0 Å². The van der Waals surface area contributed by atoms with Crippen molar-refractivity contribution in [2.24, 2.45) is 0 Å². The zero-order chi connectivity index (χ0) is 8.85. The molecule has 63 valence electrons. The Kier molecular flexibility index (Phi) is 7.96. The molecule has 0 spiro atoms. The fraction of sp³-hybridized carbons (Fsp3) is 0.333. The van der Waals surface area contributed by atoms with Crippen LogP contribution in [0.25, 0.3) is 0 Å². The van der Waals surface area contributed by atoms with Gasteiger partial charge in [-0.1, -0.05) is 13.8 Å². The summed E-state index contributed by atoms with van der Waals surface area (Å²) in [6, 6.07) is 0. The number of aryl methyl sites for hydroxylation is 2. The van der Waals surface area contributed by atoms with Crippen LogP contribution in [-0.2, 0) is 18.2 Å². The van der Waals surface area contributed by atoms with Gasteiger partial charge >= 0.3 is 43.7 Å². The summed E-state index contributed by atoms with van der Waals surface area (Å²) < 4.78 is 0. The van der Waals surface area contributed by atoms with E-state index in [1.54, 1.807) is 0 Å². The third kappa shape index (κ3) is 7.88. The van der Waals surface area contributed by atoms with E-state index in [9.17, 15) is 0 Å². The van der Waals surface area contributed by atoms with Crippen LogP contribution in [0.1, 0.15) is 11.1 Å². The second-order valence-corrected chi connectivity index (χ2v) is 14.0. The van der Waals surface area contributed by atoms with Crippen molar-refractivity contribution in [1.82, 2.24) is 0 Å². The van der Waals surface area contributed by atoms with E-state index >= 15 is 0 Å². The third-order valence-electron chi connectivity index (χ3n) is 1.14. The van der Waals surface area contributed by atoms with Crippen molar-refractivity contribution in [3.8, 4) is 0 Å². The monoisotopic (exact) mass is 306 g/mol. The molecular weight excluding hydrogens is 301 g/mol. The van der Waals surface area contributed by atoms with E-state index < -0.39 is 18.2 Å². The van der Waals surface area contributed by atoms with Crippen LogP contribution in [0.15, 0.2) is 5.80 Å². The number of halogens is 3. The van der Waals surface area contributed by atoms with E-state index in [-0.39, 0.29) is 0 Å². The minimum atomic E-state index is -2.13. The van der Waals surface area contributed by atoms with E-state index in [4.69, 9.17) is 25.5 Å². The number of hydrogen-bond acceptors (Lipinski definition) is 0. The average molecular weight is 309 g/mol. The Bertz CT molecular complexity index is 180. The molecule has 0 saturated carbocycles. The standard InChI is InChI=1S/C6H8P.3ClH.Zr/c1-5-3-7-4-6(5)2;;;;/h3,7H,1-2H3;3*1H;/q-1;;;;+3/p-3. The van der Waals surface area contributed by atoms with Crippen molar-refractivity contribution in [3.63, 3.8) is 0 Å². The zero-order valence-electron chi connectivity index (χ0n) is 6.21. The van der Waals surface area contributed by atoms with Gasteiger partial charge in [-0.3, -0.25) is 8.19 Å². The Hall–Kier alpha value is 1.53. The van der Waals surface area contributed by atoms with E-state index in [0.717, 1.165) is 8.19 Å². The first-order valence-corrected chi connectivity index (χ1v) is 13.5. The van der Waals surface area contributed by atoms with E-state index in [1.807, 2.05) is 0 Å². The molecule has 1 aromatic rings. The fourth-order valence-corrected chi connectivity index (χ4v) is 1.38. The number of rotatable bonds is 0. The van der Waals surface area contributed by atoms with Gasteiger partial charge in [-0.2, -0.15) is 22.7 Å². The molecule has 0 aliphatic carbocycles. The van der Waals surface area contributed by atoms with Crippen LogP contribution in [0.4, 0.5) is 0 Å². The Morgan fingerprint density at radius 3 is 1.91 bits per heavy atom. The molecule has 0 fully saturated rings. The number of hydrogen-bond donors (Lipinski definition) is 0. The van der Waals surface area contributed by atoms with Gasteiger partial charge in [0.2, 0.25) is 0 Å². The van der Waals surface area contributed by atoms with Crippen molar-refractivity contribution in [2.75, 3.05) is 0 Å². The molecule has 1 aromatic heterocycles. The normalized spacial score (nSPS) is 9.18. The van der Waals surface area contributed by atoms with Gasteiger partial charge in [0.15, 0.2) is 0 Å². The summed E-state index contributed by atoms with van der Waals surface area (Å²) >= 11 is -2.13. The molecule has 11 heavy (non-hydrogen) atoms. The zero-order valence-corrected chi connectivity index (χ0v) is 11.9. The van der Waals surface area contributed by atoms with Crippen LogP contribution >= 0.6 is 33.7 Å². The molecule has 0 aromatic carbocycles. The fourth-order valence-electron chi connectivity index (χ4n) is 0.459. The van der Waals surface area contributed by atoms with Crippen molar-refractivity contribution >= 4 is 33.7 Å². The maximum absolute atomic E-state index is 5.00. The van der Waals surface area contributed by atoms with Crippen LogP contribution in [0, 0.1) is 19.6 Å². The Morgan fingerprint density at radius 2 is 1.82 bits per heavy atom. The molecule has 0 aliphatic heterocycles. The van der Waals surface area contributed by atoms with Gasteiger partial charge < -0.3 is 0 Å². The Balaban J connectivity index is 0.000000218. The van der Waals surface area contributed by atoms with Crippen molar-refractivity contribution < 1.29 is 18.2 Å². The van der Waals surface area contributed by atoms with Gasteiger partial charge in [0.1, 0.15) is 0 Å². The predicted molar refractivity (Wildman–Crippen MR) is 51.8 cm³/mol. The molecular formula is C6H8Cl3PZr-. The molecule has 0 radical (unpaired) electrons. The molecule has 0 aliphatic rings. The molecule has 1 heterocycles. The quantitative estimate of drug-likeness (QED) is 0.630. The topological polar surface area (TPSA) is 0 Å². The van der Waals surface area contributed by atoms with Crippen LogP contribution in [-0.4, -0.2) is 0 Å². The summed E-state index contributed by atoms with van der Waals surface area (Å²) in [6.45, 7) is 4.23. The van der Waals surface area contributed by atoms with Gasteiger partial charge in [-0.25, -0.2) is 0 Å². The summed E-state index contributed by atoms with van der Waals surface area (Å²) in [5, 5.41) is 0. The molecule has 0 bridgehead atoms. The first kappa shape index (κ1) is 12.5. The molecule has 0 N–H and O–H groups in total. The summed E-state index contributed by atoms with van der Waals surface area (Å²) in [6.07, 6.45) is 0. The Morgan fingerprint density at radius 1 is 1.36 bits per heavy atom. The summed E-state index contributed by atoms with van der Waals surface area (Å²) in [7, 11) is 15.8. The second kappa shape index (κ2) is 6.99. The Labute approximate surface area is 87.6 Å². The van der Waals surface area contributed by atoms with E-state index in [2.05, 4.69) is 25.4 Å². The van der Waals surface area contributed by atoms with Crippen molar-refractivity contribution in [2.45, 2.75) is 13.8 Å². The predicted octanol–water partition coefficient (Wildman–Crippen LogP) is 4.20. The molecule has 1 rings (SSSR count). The van der Waals surface area contributed by atoms with Gasteiger partial charge in [-0.05, 0) is 0 Å². The van der Waals surface area contributed by atoms with Gasteiger partial charge in [-0.15, -0.1) is 0 Å². The molecule has 0 nitrogen and oxygen atoms in total. The third-order valence-corrected chi connectivity index (χ3v) is 2.24. The minimum absolute atomic E-state index is 0.820. The molecule has 5 heteroatoms. The van der Waals surface area contributed by atoms with Crippen LogP contribution in [0.5, 0.6) is 0 Å². The summed E-state index contributed by atoms with van der Waals surface area (Å²) in [4.78, 5) is 0. The maximum atomic E-state index is 5.00. The SMILES string of the molecule is Cc1[c-][pH]cc1C.[Cl][Zr]([Cl])[Cl]. The first-order chi connectivity index (χ1) is 5.04. The van der Waals surface area contributed by atoms with Gasteiger partial charge in [0, 0.05) is 0 Å². The molecule has 0 amide bonds. The van der Waals surface area contributed by atoms with E-state index in [0.29, 0.717) is 0 Å². The average Bonchev–Trinajstić information content (AvgIpc) is 2.15. The first-order valence-electron chi connectivity index (χ1n) is 2.89. The van der Waals surface area contributed by atoms with Gasteiger partial charge in [0.05, 0.1) is 0 Å². The summed E-state index contributed by atoms with van der Waals surface area (Å²) in [5.74, 6) is 5.44. The second-order valence-electron chi connectivity index (χ2n) is 1.94. The summed E-state index contributed by atoms with van der Waals surface area (Å²) in [5.41, 5.74) is 2.73. The van der Waals surface area contributed by atoms with Crippen LogP contribution in [0.3, 0.4) is 0 Å². The van der Waals surface area contributed by atoms with Crippen LogP contribution in [0.2, 0.25) is 0 Å². The van der Waals surface area contributed by atoms with E-state index in [1.165, 1.54) is 11.1 Å². The molecule has 1 unspecified atom stereocenters. The van der Waals surface area contributed by atoms with Gasteiger partial charge in [0.25, 0.3) is 0 Å². The molecule has 0 saturated heterocycles. The van der Waals surface area contributed by atoms with Crippen LogP contribution < -0.4 is 0 Å². The van der Waals surface area contributed by atoms with Crippen molar-refractivity contribution in [3.05, 3.63) is 22.7 Å².